The van der Waals surface area contributed by atoms with Crippen LogP contribution in [0.1, 0.15) is 23.7 Å². The molecule has 0 radical (unpaired) electrons. The molecule has 0 fully saturated rings. The number of benzene rings is 1. The standard InChI is InChI=1S/C13H17ClN2O3/c1-8(7-15)5-12(17)16-11-6-9(14)3-4-10(11)13(18)19-2/h3-4,6,8H,5,7,15H2,1-2H3,(H,16,17). The summed E-state index contributed by atoms with van der Waals surface area (Å²) in [6.45, 7) is 2.30. The van der Waals surface area contributed by atoms with Gasteiger partial charge in [-0.05, 0) is 30.7 Å². The van der Waals surface area contributed by atoms with E-state index in [-0.39, 0.29) is 23.8 Å². The van der Waals surface area contributed by atoms with Crippen LogP contribution < -0.4 is 11.1 Å². The number of ether oxygens (including phenoxy) is 1. The van der Waals surface area contributed by atoms with E-state index in [4.69, 9.17) is 17.3 Å². The molecule has 0 bridgehead atoms. The number of hydrogen-bond acceptors (Lipinski definition) is 4. The second kappa shape index (κ2) is 7.11. The molecule has 104 valence electrons. The van der Waals surface area contributed by atoms with E-state index in [0.29, 0.717) is 17.3 Å². The average Bonchev–Trinajstić information content (AvgIpc) is 2.37. The summed E-state index contributed by atoms with van der Waals surface area (Å²) in [7, 11) is 1.28. The van der Waals surface area contributed by atoms with Crippen molar-refractivity contribution in [1.29, 1.82) is 0 Å². The number of anilines is 1. The molecule has 5 nitrogen and oxygen atoms in total. The van der Waals surface area contributed by atoms with Crippen molar-refractivity contribution in [3.8, 4) is 0 Å². The van der Waals surface area contributed by atoms with Crippen LogP contribution in [0.25, 0.3) is 0 Å². The second-order valence-electron chi connectivity index (χ2n) is 4.27. The summed E-state index contributed by atoms with van der Waals surface area (Å²) < 4.78 is 4.65. The number of nitrogens with two attached hydrogens (primary N) is 1. The fourth-order valence-corrected chi connectivity index (χ4v) is 1.68. The van der Waals surface area contributed by atoms with Gasteiger partial charge in [0.15, 0.2) is 0 Å². The van der Waals surface area contributed by atoms with Crippen LogP contribution in [0.4, 0.5) is 5.69 Å². The van der Waals surface area contributed by atoms with Gasteiger partial charge in [0.2, 0.25) is 5.91 Å². The molecule has 0 saturated heterocycles. The van der Waals surface area contributed by atoms with E-state index in [1.807, 2.05) is 6.92 Å². The normalized spacial score (nSPS) is 11.8. The summed E-state index contributed by atoms with van der Waals surface area (Å²) in [5.74, 6) is -0.676. The number of amides is 1. The third-order valence-electron chi connectivity index (χ3n) is 2.60. The first kappa shape index (κ1) is 15.5. The minimum absolute atomic E-state index is 0.0701. The Balaban J connectivity index is 2.89. The number of hydrogen-bond donors (Lipinski definition) is 2. The highest BCUT2D eigenvalue weighted by Crippen LogP contribution is 2.22. The van der Waals surface area contributed by atoms with E-state index in [1.54, 1.807) is 6.07 Å². The van der Waals surface area contributed by atoms with E-state index in [0.717, 1.165) is 0 Å². The molecule has 0 aliphatic heterocycles. The molecule has 19 heavy (non-hydrogen) atoms. The Bertz CT molecular complexity index is 477. The predicted molar refractivity (Wildman–Crippen MR) is 74.3 cm³/mol. The SMILES string of the molecule is COC(=O)c1ccc(Cl)cc1NC(=O)CC(C)CN. The molecule has 0 aromatic heterocycles. The van der Waals surface area contributed by atoms with Crippen LogP contribution in [-0.4, -0.2) is 25.5 Å². The van der Waals surface area contributed by atoms with Crippen LogP contribution in [0, 0.1) is 5.92 Å². The summed E-state index contributed by atoms with van der Waals surface area (Å²) >= 11 is 5.86. The van der Waals surface area contributed by atoms with Crippen LogP contribution in [-0.2, 0) is 9.53 Å². The van der Waals surface area contributed by atoms with Crippen LogP contribution >= 0.6 is 11.6 Å². The lowest BCUT2D eigenvalue weighted by Crippen LogP contribution is -2.21. The van der Waals surface area contributed by atoms with Crippen molar-refractivity contribution in [3.05, 3.63) is 28.8 Å². The molecular formula is C13H17ClN2O3. The highest BCUT2D eigenvalue weighted by Gasteiger charge is 2.15. The maximum atomic E-state index is 11.8. The molecule has 1 aromatic rings. The van der Waals surface area contributed by atoms with Gasteiger partial charge in [-0.25, -0.2) is 4.79 Å². The first-order chi connectivity index (χ1) is 8.97. The second-order valence-corrected chi connectivity index (χ2v) is 4.71. The van der Waals surface area contributed by atoms with Gasteiger partial charge in [-0.3, -0.25) is 4.79 Å². The van der Waals surface area contributed by atoms with Gasteiger partial charge in [0.05, 0.1) is 18.4 Å². The van der Waals surface area contributed by atoms with Crippen molar-refractivity contribution in [1.82, 2.24) is 0 Å². The zero-order valence-corrected chi connectivity index (χ0v) is 11.7. The molecule has 1 atom stereocenters. The van der Waals surface area contributed by atoms with Crippen LogP contribution in [0.3, 0.4) is 0 Å². The average molecular weight is 285 g/mol. The van der Waals surface area contributed by atoms with E-state index >= 15 is 0 Å². The maximum absolute atomic E-state index is 11.8. The molecule has 1 aromatic carbocycles. The molecule has 0 spiro atoms. The number of halogens is 1. The number of carbonyl (C=O) groups is 2. The van der Waals surface area contributed by atoms with Crippen molar-refractivity contribution in [2.45, 2.75) is 13.3 Å². The fourth-order valence-electron chi connectivity index (χ4n) is 1.51. The topological polar surface area (TPSA) is 81.4 Å². The van der Waals surface area contributed by atoms with Gasteiger partial charge in [-0.15, -0.1) is 0 Å². The van der Waals surface area contributed by atoms with Crippen molar-refractivity contribution >= 4 is 29.2 Å². The molecule has 6 heteroatoms. The number of methoxy groups -OCH3 is 1. The Morgan fingerprint density at radius 3 is 2.74 bits per heavy atom. The molecule has 0 aliphatic carbocycles. The third-order valence-corrected chi connectivity index (χ3v) is 2.83. The molecule has 0 aliphatic rings. The predicted octanol–water partition coefficient (Wildman–Crippen LogP) is 2.05. The van der Waals surface area contributed by atoms with Crippen molar-refractivity contribution in [2.24, 2.45) is 11.7 Å². The van der Waals surface area contributed by atoms with Gasteiger partial charge in [0, 0.05) is 11.4 Å². The number of rotatable bonds is 5. The highest BCUT2D eigenvalue weighted by atomic mass is 35.5. The zero-order chi connectivity index (χ0) is 14.4. The Kier molecular flexibility index (Phi) is 5.79. The largest absolute Gasteiger partial charge is 0.465 e. The highest BCUT2D eigenvalue weighted by molar-refractivity contribution is 6.31. The monoisotopic (exact) mass is 284 g/mol. The van der Waals surface area contributed by atoms with Crippen LogP contribution in [0.5, 0.6) is 0 Å². The van der Waals surface area contributed by atoms with Gasteiger partial charge in [-0.2, -0.15) is 0 Å². The molecule has 0 saturated carbocycles. The van der Waals surface area contributed by atoms with Gasteiger partial charge < -0.3 is 15.8 Å². The molecule has 1 unspecified atom stereocenters. The van der Waals surface area contributed by atoms with E-state index in [9.17, 15) is 9.59 Å². The number of esters is 1. The van der Waals surface area contributed by atoms with Crippen LogP contribution in [0.2, 0.25) is 5.02 Å². The van der Waals surface area contributed by atoms with E-state index < -0.39 is 5.97 Å². The van der Waals surface area contributed by atoms with Crippen molar-refractivity contribution in [2.75, 3.05) is 19.0 Å². The maximum Gasteiger partial charge on any atom is 0.339 e. The lowest BCUT2D eigenvalue weighted by atomic mass is 10.1. The molecular weight excluding hydrogens is 268 g/mol. The van der Waals surface area contributed by atoms with Crippen molar-refractivity contribution in [3.63, 3.8) is 0 Å². The smallest absolute Gasteiger partial charge is 0.339 e. The van der Waals surface area contributed by atoms with Gasteiger partial charge in [-0.1, -0.05) is 18.5 Å². The fraction of sp³-hybridized carbons (Fsp3) is 0.385. The van der Waals surface area contributed by atoms with Crippen molar-refractivity contribution < 1.29 is 14.3 Å². The van der Waals surface area contributed by atoms with E-state index in [2.05, 4.69) is 10.1 Å². The van der Waals surface area contributed by atoms with Gasteiger partial charge >= 0.3 is 5.97 Å². The molecule has 3 N–H and O–H groups in total. The first-order valence-electron chi connectivity index (χ1n) is 5.85. The summed E-state index contributed by atoms with van der Waals surface area (Å²) in [6.07, 6.45) is 0.281. The van der Waals surface area contributed by atoms with Gasteiger partial charge in [0.25, 0.3) is 0 Å². The number of carbonyl (C=O) groups excluding carboxylic acids is 2. The minimum Gasteiger partial charge on any atom is -0.465 e. The minimum atomic E-state index is -0.529. The number of nitrogens with one attached hydrogen (secondary N) is 1. The molecule has 1 rings (SSSR count). The lowest BCUT2D eigenvalue weighted by Gasteiger charge is -2.12. The quantitative estimate of drug-likeness (QED) is 0.811. The first-order valence-corrected chi connectivity index (χ1v) is 6.23. The molecule has 1 amide bonds. The summed E-state index contributed by atoms with van der Waals surface area (Å²) in [5.41, 5.74) is 6.07. The zero-order valence-electron chi connectivity index (χ0n) is 10.9. The Morgan fingerprint density at radius 2 is 2.16 bits per heavy atom. The summed E-state index contributed by atoms with van der Waals surface area (Å²) in [4.78, 5) is 23.4. The van der Waals surface area contributed by atoms with Gasteiger partial charge in [0.1, 0.15) is 0 Å². The summed E-state index contributed by atoms with van der Waals surface area (Å²) in [6, 6.07) is 4.58. The summed E-state index contributed by atoms with van der Waals surface area (Å²) in [5, 5.41) is 3.08. The van der Waals surface area contributed by atoms with Crippen LogP contribution in [0.15, 0.2) is 18.2 Å². The molecule has 0 heterocycles. The Labute approximate surface area is 117 Å². The third kappa shape index (κ3) is 4.54. The lowest BCUT2D eigenvalue weighted by molar-refractivity contribution is -0.116. The Hall–Kier alpha value is -1.59. The van der Waals surface area contributed by atoms with E-state index in [1.165, 1.54) is 19.2 Å². The Morgan fingerprint density at radius 1 is 1.47 bits per heavy atom.